The molecule has 0 aliphatic carbocycles. The molecule has 6 nitrogen and oxygen atoms in total. The molecule has 1 fully saturated rings. The van der Waals surface area contributed by atoms with Gasteiger partial charge in [0.1, 0.15) is 18.0 Å². The van der Waals surface area contributed by atoms with Crippen LogP contribution in [0, 0.1) is 11.3 Å². The number of rotatable bonds is 4. The molecule has 4 rings (SSSR count). The van der Waals surface area contributed by atoms with Crippen LogP contribution < -0.4 is 14.4 Å². The Balaban J connectivity index is 1.76. The van der Waals surface area contributed by atoms with Crippen molar-refractivity contribution in [3.8, 4) is 17.6 Å². The van der Waals surface area contributed by atoms with Crippen molar-refractivity contribution >= 4 is 28.2 Å². The minimum atomic E-state index is -0.0892. The first kappa shape index (κ1) is 19.3. The highest BCUT2D eigenvalue weighted by atomic mass is 35.5. The molecule has 1 aromatic heterocycles. The van der Waals surface area contributed by atoms with E-state index in [0.29, 0.717) is 41.8 Å². The molecule has 7 heteroatoms. The first-order valence-corrected chi connectivity index (χ1v) is 9.59. The molecule has 1 atom stereocenters. The molecule has 29 heavy (non-hydrogen) atoms. The summed E-state index contributed by atoms with van der Waals surface area (Å²) in [5.41, 5.74) is 1.56. The Hall–Kier alpha value is -3.01. The molecule has 2 aromatic carbocycles. The molecule has 2 heterocycles. The number of halogens is 1. The van der Waals surface area contributed by atoms with Gasteiger partial charge in [0.25, 0.3) is 0 Å². The van der Waals surface area contributed by atoms with Crippen LogP contribution in [0.4, 0.5) is 5.82 Å². The van der Waals surface area contributed by atoms with Crippen molar-refractivity contribution in [2.45, 2.75) is 6.10 Å². The van der Waals surface area contributed by atoms with Crippen LogP contribution in [0.5, 0.6) is 11.5 Å². The van der Waals surface area contributed by atoms with Crippen LogP contribution in [0.3, 0.4) is 0 Å². The van der Waals surface area contributed by atoms with E-state index < -0.39 is 0 Å². The third-order valence-electron chi connectivity index (χ3n) is 5.10. The molecule has 0 spiro atoms. The maximum atomic E-state index is 9.53. The summed E-state index contributed by atoms with van der Waals surface area (Å²) in [5, 5.41) is 11.9. The molecule has 0 bridgehead atoms. The highest BCUT2D eigenvalue weighted by Gasteiger charge is 2.25. The number of methoxy groups -OCH3 is 2. The van der Waals surface area contributed by atoms with E-state index in [4.69, 9.17) is 25.8 Å². The second-order valence-electron chi connectivity index (χ2n) is 6.72. The van der Waals surface area contributed by atoms with Crippen LogP contribution in [-0.4, -0.2) is 38.9 Å². The topological polar surface area (TPSA) is 67.6 Å². The van der Waals surface area contributed by atoms with E-state index in [9.17, 15) is 5.26 Å². The number of hydrogen-bond acceptors (Lipinski definition) is 6. The smallest absolute Gasteiger partial charge is 0.161 e. The van der Waals surface area contributed by atoms with Gasteiger partial charge in [-0.1, -0.05) is 23.7 Å². The highest BCUT2D eigenvalue weighted by molar-refractivity contribution is 6.30. The standard InChI is InChI=1S/C22H20ClN3O3/c1-27-19-9-17-15(11-24)12-25-22(18(17)10-20(19)28-2)26-7-8-29-21(13-26)14-3-5-16(23)6-4-14/h3-6,9-10,12,21H,7-8,13H2,1-2H3/t21-/m0/s1. The average Bonchev–Trinajstić information content (AvgIpc) is 2.77. The number of morpholine rings is 1. The summed E-state index contributed by atoms with van der Waals surface area (Å²) in [7, 11) is 3.17. The molecule has 0 radical (unpaired) electrons. The number of benzene rings is 2. The monoisotopic (exact) mass is 409 g/mol. The Kier molecular flexibility index (Phi) is 5.43. The normalized spacial score (nSPS) is 16.5. The van der Waals surface area contributed by atoms with E-state index in [1.807, 2.05) is 36.4 Å². The van der Waals surface area contributed by atoms with Gasteiger partial charge in [0.15, 0.2) is 11.5 Å². The maximum Gasteiger partial charge on any atom is 0.161 e. The molecule has 3 aromatic rings. The summed E-state index contributed by atoms with van der Waals surface area (Å²) in [6.07, 6.45) is 1.52. The lowest BCUT2D eigenvalue weighted by molar-refractivity contribution is 0.0396. The van der Waals surface area contributed by atoms with Gasteiger partial charge in [-0.25, -0.2) is 4.98 Å². The zero-order valence-corrected chi connectivity index (χ0v) is 16.9. The summed E-state index contributed by atoms with van der Waals surface area (Å²) >= 11 is 6.01. The third kappa shape index (κ3) is 3.67. The first-order chi connectivity index (χ1) is 14.1. The molecule has 1 aliphatic heterocycles. The van der Waals surface area contributed by atoms with Gasteiger partial charge in [-0.3, -0.25) is 0 Å². The minimum absolute atomic E-state index is 0.0892. The molecule has 0 saturated carbocycles. The Labute approximate surface area is 174 Å². The van der Waals surface area contributed by atoms with Gasteiger partial charge >= 0.3 is 0 Å². The van der Waals surface area contributed by atoms with E-state index >= 15 is 0 Å². The first-order valence-electron chi connectivity index (χ1n) is 9.21. The fourth-order valence-electron chi connectivity index (χ4n) is 3.61. The summed E-state index contributed by atoms with van der Waals surface area (Å²) in [4.78, 5) is 6.78. The van der Waals surface area contributed by atoms with Crippen LogP contribution >= 0.6 is 11.6 Å². The molecule has 0 N–H and O–H groups in total. The van der Waals surface area contributed by atoms with Crippen molar-refractivity contribution in [1.29, 1.82) is 5.26 Å². The lowest BCUT2D eigenvalue weighted by atomic mass is 10.0. The zero-order chi connectivity index (χ0) is 20.4. The number of anilines is 1. The predicted molar refractivity (Wildman–Crippen MR) is 112 cm³/mol. The number of nitriles is 1. The minimum Gasteiger partial charge on any atom is -0.493 e. The van der Waals surface area contributed by atoms with E-state index in [2.05, 4.69) is 16.0 Å². The van der Waals surface area contributed by atoms with Gasteiger partial charge in [0.2, 0.25) is 0 Å². The predicted octanol–water partition coefficient (Wildman–Crippen LogP) is 4.35. The Bertz CT molecular complexity index is 1080. The largest absolute Gasteiger partial charge is 0.493 e. The second kappa shape index (κ2) is 8.16. The summed E-state index contributed by atoms with van der Waals surface area (Å²) in [6.45, 7) is 1.92. The van der Waals surface area contributed by atoms with Crippen molar-refractivity contribution in [1.82, 2.24) is 4.98 Å². The third-order valence-corrected chi connectivity index (χ3v) is 5.35. The van der Waals surface area contributed by atoms with Gasteiger partial charge in [-0.2, -0.15) is 5.26 Å². The van der Waals surface area contributed by atoms with Gasteiger partial charge in [0, 0.05) is 35.1 Å². The number of ether oxygens (including phenoxy) is 3. The maximum absolute atomic E-state index is 9.53. The summed E-state index contributed by atoms with van der Waals surface area (Å²) in [5.74, 6) is 1.97. The van der Waals surface area contributed by atoms with Crippen LogP contribution in [-0.2, 0) is 4.74 Å². The molecule has 1 aliphatic rings. The fourth-order valence-corrected chi connectivity index (χ4v) is 3.74. The zero-order valence-electron chi connectivity index (χ0n) is 16.2. The van der Waals surface area contributed by atoms with Gasteiger partial charge in [-0.15, -0.1) is 0 Å². The second-order valence-corrected chi connectivity index (χ2v) is 7.15. The SMILES string of the molecule is COc1cc2c(C#N)cnc(N3CCO[C@H](c4ccc(Cl)cc4)C3)c2cc1OC. The molecule has 0 amide bonds. The average molecular weight is 410 g/mol. The lowest BCUT2D eigenvalue weighted by Gasteiger charge is -2.34. The van der Waals surface area contributed by atoms with Gasteiger partial charge < -0.3 is 19.1 Å². The number of hydrogen-bond donors (Lipinski definition) is 0. The van der Waals surface area contributed by atoms with Crippen LogP contribution in [0.1, 0.15) is 17.2 Å². The van der Waals surface area contributed by atoms with E-state index in [1.54, 1.807) is 20.4 Å². The Morgan fingerprint density at radius 1 is 1.14 bits per heavy atom. The van der Waals surface area contributed by atoms with Crippen molar-refractivity contribution < 1.29 is 14.2 Å². The Morgan fingerprint density at radius 3 is 2.48 bits per heavy atom. The quantitative estimate of drug-likeness (QED) is 0.638. The lowest BCUT2D eigenvalue weighted by Crippen LogP contribution is -2.39. The summed E-state index contributed by atoms with van der Waals surface area (Å²) in [6, 6.07) is 13.6. The number of nitrogens with zero attached hydrogens (tertiary/aromatic N) is 3. The van der Waals surface area contributed by atoms with Crippen molar-refractivity contribution in [2.75, 3.05) is 38.8 Å². The van der Waals surface area contributed by atoms with Crippen molar-refractivity contribution in [3.05, 3.63) is 58.7 Å². The molecule has 148 valence electrons. The number of fused-ring (bicyclic) bond motifs is 1. The molecule has 1 saturated heterocycles. The number of pyridine rings is 1. The summed E-state index contributed by atoms with van der Waals surface area (Å²) < 4.78 is 16.9. The number of aromatic nitrogens is 1. The van der Waals surface area contributed by atoms with Crippen molar-refractivity contribution in [3.63, 3.8) is 0 Å². The van der Waals surface area contributed by atoms with E-state index in [0.717, 1.165) is 22.2 Å². The molecule has 0 unspecified atom stereocenters. The Morgan fingerprint density at radius 2 is 1.83 bits per heavy atom. The van der Waals surface area contributed by atoms with Crippen molar-refractivity contribution in [2.24, 2.45) is 0 Å². The van der Waals surface area contributed by atoms with Crippen LogP contribution in [0.15, 0.2) is 42.6 Å². The highest BCUT2D eigenvalue weighted by Crippen LogP contribution is 2.38. The van der Waals surface area contributed by atoms with Gasteiger partial charge in [0.05, 0.1) is 26.4 Å². The molecular formula is C22H20ClN3O3. The van der Waals surface area contributed by atoms with Crippen LogP contribution in [0.2, 0.25) is 5.02 Å². The van der Waals surface area contributed by atoms with Crippen LogP contribution in [0.25, 0.3) is 10.8 Å². The fraction of sp³-hybridized carbons (Fsp3) is 0.273. The molecular weight excluding hydrogens is 390 g/mol. The van der Waals surface area contributed by atoms with E-state index in [-0.39, 0.29) is 6.10 Å². The van der Waals surface area contributed by atoms with E-state index in [1.165, 1.54) is 0 Å². The van der Waals surface area contributed by atoms with Gasteiger partial charge in [-0.05, 0) is 29.8 Å².